The minimum atomic E-state index is 0.0187. The average Bonchev–Trinajstić information content (AvgIpc) is 2.83. The Balaban J connectivity index is 1.74. The SMILES string of the molecule is CC1CCCC1NC(=O)C1CCNc2ccccc21. The first kappa shape index (κ1) is 12.5. The zero-order chi connectivity index (χ0) is 13.2. The molecular formula is C16H22N2O. The van der Waals surface area contributed by atoms with Gasteiger partial charge >= 0.3 is 0 Å². The summed E-state index contributed by atoms with van der Waals surface area (Å²) in [5.41, 5.74) is 2.27. The molecule has 2 aliphatic rings. The van der Waals surface area contributed by atoms with Crippen LogP contribution in [-0.2, 0) is 4.79 Å². The van der Waals surface area contributed by atoms with Gasteiger partial charge < -0.3 is 10.6 Å². The maximum absolute atomic E-state index is 12.5. The molecule has 1 heterocycles. The first-order chi connectivity index (χ1) is 9.25. The van der Waals surface area contributed by atoms with Crippen molar-refractivity contribution < 1.29 is 4.79 Å². The molecule has 1 amide bonds. The van der Waals surface area contributed by atoms with E-state index in [4.69, 9.17) is 0 Å². The minimum absolute atomic E-state index is 0.0187. The van der Waals surface area contributed by atoms with Gasteiger partial charge in [-0.05, 0) is 36.8 Å². The van der Waals surface area contributed by atoms with Crippen molar-refractivity contribution in [3.63, 3.8) is 0 Å². The topological polar surface area (TPSA) is 41.1 Å². The van der Waals surface area contributed by atoms with Crippen LogP contribution in [0, 0.1) is 5.92 Å². The van der Waals surface area contributed by atoms with Crippen LogP contribution in [0.1, 0.15) is 44.1 Å². The molecule has 0 radical (unpaired) electrons. The summed E-state index contributed by atoms with van der Waals surface area (Å²) in [6.07, 6.45) is 4.52. The van der Waals surface area contributed by atoms with Crippen molar-refractivity contribution in [2.24, 2.45) is 5.92 Å². The molecule has 3 atom stereocenters. The highest BCUT2D eigenvalue weighted by Gasteiger charge is 2.30. The fourth-order valence-corrected chi connectivity index (χ4v) is 3.38. The molecule has 19 heavy (non-hydrogen) atoms. The average molecular weight is 258 g/mol. The Kier molecular flexibility index (Phi) is 3.45. The molecule has 1 saturated carbocycles. The van der Waals surface area contributed by atoms with Crippen molar-refractivity contribution >= 4 is 11.6 Å². The van der Waals surface area contributed by atoms with Gasteiger partial charge in [0, 0.05) is 18.3 Å². The van der Waals surface area contributed by atoms with Crippen LogP contribution >= 0.6 is 0 Å². The van der Waals surface area contributed by atoms with Gasteiger partial charge in [0.25, 0.3) is 0 Å². The number of rotatable bonds is 2. The van der Waals surface area contributed by atoms with E-state index in [1.54, 1.807) is 0 Å². The van der Waals surface area contributed by atoms with E-state index in [-0.39, 0.29) is 11.8 Å². The van der Waals surface area contributed by atoms with E-state index in [0.29, 0.717) is 12.0 Å². The van der Waals surface area contributed by atoms with Crippen LogP contribution < -0.4 is 10.6 Å². The molecule has 0 spiro atoms. The number of benzene rings is 1. The van der Waals surface area contributed by atoms with Crippen LogP contribution in [0.5, 0.6) is 0 Å². The van der Waals surface area contributed by atoms with Crippen LogP contribution in [0.3, 0.4) is 0 Å². The Morgan fingerprint density at radius 2 is 2.11 bits per heavy atom. The van der Waals surface area contributed by atoms with Crippen molar-refractivity contribution in [3.05, 3.63) is 29.8 Å². The summed E-state index contributed by atoms with van der Waals surface area (Å²) in [5, 5.41) is 6.64. The second kappa shape index (κ2) is 5.24. The van der Waals surface area contributed by atoms with Gasteiger partial charge in [-0.15, -0.1) is 0 Å². The van der Waals surface area contributed by atoms with E-state index in [9.17, 15) is 4.79 Å². The summed E-state index contributed by atoms with van der Waals surface area (Å²) in [5.74, 6) is 0.860. The zero-order valence-corrected chi connectivity index (χ0v) is 11.5. The normalized spacial score (nSPS) is 29.4. The quantitative estimate of drug-likeness (QED) is 0.856. The molecular weight excluding hydrogens is 236 g/mol. The Hall–Kier alpha value is -1.51. The van der Waals surface area contributed by atoms with Crippen LogP contribution in [0.4, 0.5) is 5.69 Å². The number of hydrogen-bond acceptors (Lipinski definition) is 2. The molecule has 1 aliphatic heterocycles. The summed E-state index contributed by atoms with van der Waals surface area (Å²) in [6.45, 7) is 3.13. The van der Waals surface area contributed by atoms with Gasteiger partial charge in [0.1, 0.15) is 0 Å². The van der Waals surface area contributed by atoms with E-state index in [1.807, 2.05) is 12.1 Å². The highest BCUT2D eigenvalue weighted by molar-refractivity contribution is 5.86. The molecule has 1 fully saturated rings. The Labute approximate surface area is 114 Å². The highest BCUT2D eigenvalue weighted by atomic mass is 16.2. The standard InChI is InChI=1S/C16H22N2O/c1-11-5-4-8-14(11)18-16(19)13-9-10-17-15-7-3-2-6-12(13)15/h2-3,6-7,11,13-14,17H,4-5,8-10H2,1H3,(H,18,19). The van der Waals surface area contributed by atoms with Gasteiger partial charge in [0.2, 0.25) is 5.91 Å². The largest absolute Gasteiger partial charge is 0.385 e. The molecule has 3 unspecified atom stereocenters. The molecule has 3 nitrogen and oxygen atoms in total. The van der Waals surface area contributed by atoms with Crippen molar-refractivity contribution in [2.75, 3.05) is 11.9 Å². The Bertz CT molecular complexity index is 472. The first-order valence-electron chi connectivity index (χ1n) is 7.39. The summed E-state index contributed by atoms with van der Waals surface area (Å²) in [4.78, 5) is 12.5. The molecule has 102 valence electrons. The number of para-hydroxylation sites is 1. The fraction of sp³-hybridized carbons (Fsp3) is 0.562. The lowest BCUT2D eigenvalue weighted by atomic mass is 9.89. The molecule has 2 N–H and O–H groups in total. The smallest absolute Gasteiger partial charge is 0.227 e. The maximum atomic E-state index is 12.5. The maximum Gasteiger partial charge on any atom is 0.227 e. The molecule has 1 aromatic rings. The molecule has 1 aromatic carbocycles. The highest BCUT2D eigenvalue weighted by Crippen LogP contribution is 2.32. The number of amides is 1. The minimum Gasteiger partial charge on any atom is -0.385 e. The molecule has 3 heteroatoms. The number of carbonyl (C=O) groups is 1. The molecule has 3 rings (SSSR count). The fourth-order valence-electron chi connectivity index (χ4n) is 3.38. The summed E-state index contributed by atoms with van der Waals surface area (Å²) in [7, 11) is 0. The Morgan fingerprint density at radius 1 is 1.26 bits per heavy atom. The van der Waals surface area contributed by atoms with Gasteiger partial charge in [0.05, 0.1) is 5.92 Å². The zero-order valence-electron chi connectivity index (χ0n) is 11.5. The first-order valence-corrected chi connectivity index (χ1v) is 7.39. The van der Waals surface area contributed by atoms with Crippen molar-refractivity contribution in [1.82, 2.24) is 5.32 Å². The second-order valence-corrected chi connectivity index (χ2v) is 5.88. The molecule has 0 aromatic heterocycles. The van der Waals surface area contributed by atoms with Gasteiger partial charge in [-0.3, -0.25) is 4.79 Å². The number of fused-ring (bicyclic) bond motifs is 1. The van der Waals surface area contributed by atoms with Gasteiger partial charge in [0.15, 0.2) is 0 Å². The second-order valence-electron chi connectivity index (χ2n) is 5.88. The van der Waals surface area contributed by atoms with Crippen LogP contribution in [-0.4, -0.2) is 18.5 Å². The van der Waals surface area contributed by atoms with Crippen molar-refractivity contribution in [2.45, 2.75) is 44.6 Å². The summed E-state index contributed by atoms with van der Waals surface area (Å²) in [6, 6.07) is 8.56. The summed E-state index contributed by atoms with van der Waals surface area (Å²) < 4.78 is 0. The van der Waals surface area contributed by atoms with Gasteiger partial charge in [-0.1, -0.05) is 31.5 Å². The van der Waals surface area contributed by atoms with Crippen LogP contribution in [0.25, 0.3) is 0 Å². The van der Waals surface area contributed by atoms with E-state index >= 15 is 0 Å². The predicted molar refractivity (Wildman–Crippen MR) is 77.2 cm³/mol. The number of hydrogen-bond donors (Lipinski definition) is 2. The molecule has 0 bridgehead atoms. The van der Waals surface area contributed by atoms with E-state index in [2.05, 4.69) is 29.7 Å². The van der Waals surface area contributed by atoms with E-state index < -0.39 is 0 Å². The Morgan fingerprint density at radius 3 is 2.89 bits per heavy atom. The van der Waals surface area contributed by atoms with Gasteiger partial charge in [-0.25, -0.2) is 0 Å². The third-order valence-electron chi connectivity index (χ3n) is 4.59. The lowest BCUT2D eigenvalue weighted by Crippen LogP contribution is -2.40. The number of carbonyl (C=O) groups excluding carboxylic acids is 1. The lowest BCUT2D eigenvalue weighted by molar-refractivity contribution is -0.123. The number of anilines is 1. The third-order valence-corrected chi connectivity index (χ3v) is 4.59. The molecule has 0 saturated heterocycles. The third kappa shape index (κ3) is 2.46. The monoisotopic (exact) mass is 258 g/mol. The number of nitrogens with one attached hydrogen (secondary N) is 2. The lowest BCUT2D eigenvalue weighted by Gasteiger charge is -2.28. The van der Waals surface area contributed by atoms with Crippen LogP contribution in [0.15, 0.2) is 24.3 Å². The van der Waals surface area contributed by atoms with E-state index in [0.717, 1.165) is 30.6 Å². The van der Waals surface area contributed by atoms with Crippen LogP contribution in [0.2, 0.25) is 0 Å². The predicted octanol–water partition coefficient (Wildman–Crippen LogP) is 2.89. The van der Waals surface area contributed by atoms with E-state index in [1.165, 1.54) is 12.8 Å². The summed E-state index contributed by atoms with van der Waals surface area (Å²) >= 11 is 0. The molecule has 1 aliphatic carbocycles. The van der Waals surface area contributed by atoms with Crippen molar-refractivity contribution in [3.8, 4) is 0 Å². The van der Waals surface area contributed by atoms with Gasteiger partial charge in [-0.2, -0.15) is 0 Å². The van der Waals surface area contributed by atoms with Crippen molar-refractivity contribution in [1.29, 1.82) is 0 Å².